The number of benzene rings is 1. The molecule has 5 nitrogen and oxygen atoms in total. The Labute approximate surface area is 110 Å². The molecule has 5 heteroatoms. The predicted molar refractivity (Wildman–Crippen MR) is 69.3 cm³/mol. The van der Waals surface area contributed by atoms with Gasteiger partial charge in [0.1, 0.15) is 23.6 Å². The number of carboxylic acid groups (broad SMARTS) is 1. The summed E-state index contributed by atoms with van der Waals surface area (Å²) in [5.41, 5.74) is 2.36. The van der Waals surface area contributed by atoms with E-state index in [2.05, 4.69) is 4.98 Å². The van der Waals surface area contributed by atoms with E-state index in [1.807, 2.05) is 25.1 Å². The maximum absolute atomic E-state index is 10.8. The molecule has 2 rings (SSSR count). The minimum Gasteiger partial charge on any atom is -0.496 e. The average Bonchev–Trinajstić information content (AvgIpc) is 2.69. The van der Waals surface area contributed by atoms with Crippen molar-refractivity contribution in [2.24, 2.45) is 0 Å². The third-order valence-corrected chi connectivity index (χ3v) is 2.78. The maximum Gasteiger partial charge on any atom is 0.311 e. The van der Waals surface area contributed by atoms with E-state index in [9.17, 15) is 4.79 Å². The number of carbonyl (C=O) groups is 1. The van der Waals surface area contributed by atoms with Gasteiger partial charge in [-0.15, -0.1) is 0 Å². The summed E-state index contributed by atoms with van der Waals surface area (Å²) in [6, 6.07) is 5.58. The standard InChI is InChI=1S/C14H15NO4/c1-8-6-10(4-5-11(8)18-3)14-12(7-13(16)17)19-9(2)15-14/h4-6H,7H2,1-3H3,(H,16,17). The summed E-state index contributed by atoms with van der Waals surface area (Å²) in [5.74, 6) is 0.667. The highest BCUT2D eigenvalue weighted by Crippen LogP contribution is 2.28. The van der Waals surface area contributed by atoms with E-state index in [0.29, 0.717) is 17.3 Å². The van der Waals surface area contributed by atoms with Crippen molar-refractivity contribution < 1.29 is 19.1 Å². The van der Waals surface area contributed by atoms with Crippen LogP contribution in [0, 0.1) is 13.8 Å². The molecule has 0 aliphatic carbocycles. The lowest BCUT2D eigenvalue weighted by Gasteiger charge is -2.06. The number of hydrogen-bond acceptors (Lipinski definition) is 4. The number of methoxy groups -OCH3 is 1. The van der Waals surface area contributed by atoms with E-state index in [0.717, 1.165) is 16.9 Å². The Morgan fingerprint density at radius 3 is 2.74 bits per heavy atom. The number of rotatable bonds is 4. The van der Waals surface area contributed by atoms with Crippen molar-refractivity contribution in [1.29, 1.82) is 0 Å². The second-order valence-electron chi connectivity index (χ2n) is 4.26. The van der Waals surface area contributed by atoms with Crippen molar-refractivity contribution in [1.82, 2.24) is 4.98 Å². The average molecular weight is 261 g/mol. The molecule has 0 aliphatic heterocycles. The molecule has 2 aromatic rings. The SMILES string of the molecule is COc1ccc(-c2nc(C)oc2CC(=O)O)cc1C. The van der Waals surface area contributed by atoms with Gasteiger partial charge in [-0.3, -0.25) is 4.79 Å². The Kier molecular flexibility index (Phi) is 3.55. The van der Waals surface area contributed by atoms with Crippen molar-refractivity contribution in [2.75, 3.05) is 7.11 Å². The topological polar surface area (TPSA) is 72.6 Å². The number of aryl methyl sites for hydroxylation is 2. The zero-order valence-electron chi connectivity index (χ0n) is 11.1. The first-order chi connectivity index (χ1) is 9.01. The number of ether oxygens (including phenoxy) is 1. The van der Waals surface area contributed by atoms with E-state index in [1.54, 1.807) is 14.0 Å². The van der Waals surface area contributed by atoms with Crippen LogP contribution in [0.4, 0.5) is 0 Å². The monoisotopic (exact) mass is 261 g/mol. The molecule has 0 amide bonds. The van der Waals surface area contributed by atoms with Gasteiger partial charge < -0.3 is 14.3 Å². The summed E-state index contributed by atoms with van der Waals surface area (Å²) in [6.45, 7) is 3.62. The van der Waals surface area contributed by atoms with Gasteiger partial charge in [-0.1, -0.05) is 0 Å². The Morgan fingerprint density at radius 1 is 1.42 bits per heavy atom. The van der Waals surface area contributed by atoms with E-state index < -0.39 is 5.97 Å². The van der Waals surface area contributed by atoms with E-state index >= 15 is 0 Å². The van der Waals surface area contributed by atoms with Crippen LogP contribution in [-0.4, -0.2) is 23.2 Å². The normalized spacial score (nSPS) is 10.5. The van der Waals surface area contributed by atoms with Gasteiger partial charge in [-0.2, -0.15) is 0 Å². The molecule has 1 N–H and O–H groups in total. The summed E-state index contributed by atoms with van der Waals surface area (Å²) >= 11 is 0. The fourth-order valence-corrected chi connectivity index (χ4v) is 1.98. The molecule has 0 bridgehead atoms. The minimum atomic E-state index is -0.942. The van der Waals surface area contributed by atoms with Gasteiger partial charge in [-0.25, -0.2) is 4.98 Å². The number of aromatic nitrogens is 1. The van der Waals surface area contributed by atoms with Gasteiger partial charge in [0.15, 0.2) is 5.89 Å². The quantitative estimate of drug-likeness (QED) is 0.915. The summed E-state index contributed by atoms with van der Waals surface area (Å²) in [7, 11) is 1.61. The molecule has 0 unspecified atom stereocenters. The highest BCUT2D eigenvalue weighted by Gasteiger charge is 2.16. The maximum atomic E-state index is 10.8. The lowest BCUT2D eigenvalue weighted by Crippen LogP contribution is -2.00. The van der Waals surface area contributed by atoms with Gasteiger partial charge in [0.05, 0.1) is 7.11 Å². The van der Waals surface area contributed by atoms with Crippen LogP contribution in [0.25, 0.3) is 11.3 Å². The third-order valence-electron chi connectivity index (χ3n) is 2.78. The molecule has 100 valence electrons. The lowest BCUT2D eigenvalue weighted by atomic mass is 10.1. The van der Waals surface area contributed by atoms with Crippen molar-refractivity contribution in [2.45, 2.75) is 20.3 Å². The van der Waals surface area contributed by atoms with E-state index in [-0.39, 0.29) is 6.42 Å². The molecule has 1 aromatic carbocycles. The van der Waals surface area contributed by atoms with Crippen LogP contribution < -0.4 is 4.74 Å². The van der Waals surface area contributed by atoms with Crippen LogP contribution in [-0.2, 0) is 11.2 Å². The first-order valence-corrected chi connectivity index (χ1v) is 5.84. The van der Waals surface area contributed by atoms with E-state index in [4.69, 9.17) is 14.3 Å². The van der Waals surface area contributed by atoms with Gasteiger partial charge in [-0.05, 0) is 30.7 Å². The molecule has 0 spiro atoms. The van der Waals surface area contributed by atoms with Gasteiger partial charge in [0.25, 0.3) is 0 Å². The van der Waals surface area contributed by atoms with Crippen LogP contribution in [0.3, 0.4) is 0 Å². The molecular formula is C14H15NO4. The fraction of sp³-hybridized carbons (Fsp3) is 0.286. The van der Waals surface area contributed by atoms with Crippen LogP contribution >= 0.6 is 0 Å². The van der Waals surface area contributed by atoms with Crippen LogP contribution in [0.1, 0.15) is 17.2 Å². The van der Waals surface area contributed by atoms with Crippen molar-refractivity contribution in [3.63, 3.8) is 0 Å². The first-order valence-electron chi connectivity index (χ1n) is 5.84. The molecule has 1 aromatic heterocycles. The zero-order valence-corrected chi connectivity index (χ0v) is 11.1. The smallest absolute Gasteiger partial charge is 0.311 e. The summed E-state index contributed by atoms with van der Waals surface area (Å²) < 4.78 is 10.6. The number of hydrogen-bond donors (Lipinski definition) is 1. The molecule has 0 fully saturated rings. The first kappa shape index (κ1) is 13.1. The van der Waals surface area contributed by atoms with Crippen LogP contribution in [0.15, 0.2) is 22.6 Å². The summed E-state index contributed by atoms with van der Waals surface area (Å²) in [6.07, 6.45) is -0.179. The van der Waals surface area contributed by atoms with E-state index in [1.165, 1.54) is 0 Å². The van der Waals surface area contributed by atoms with Gasteiger partial charge in [0.2, 0.25) is 0 Å². The molecule has 0 radical (unpaired) electrons. The molecule has 1 heterocycles. The highest BCUT2D eigenvalue weighted by atomic mass is 16.5. The fourth-order valence-electron chi connectivity index (χ4n) is 1.98. The van der Waals surface area contributed by atoms with Crippen molar-refractivity contribution >= 4 is 5.97 Å². The number of aliphatic carboxylic acids is 1. The van der Waals surface area contributed by atoms with Gasteiger partial charge in [0, 0.05) is 12.5 Å². The third kappa shape index (κ3) is 2.76. The highest BCUT2D eigenvalue weighted by molar-refractivity contribution is 5.74. The number of oxazole rings is 1. The van der Waals surface area contributed by atoms with Crippen molar-refractivity contribution in [3.05, 3.63) is 35.4 Å². The minimum absolute atomic E-state index is 0.179. The largest absolute Gasteiger partial charge is 0.496 e. The molecular weight excluding hydrogens is 246 g/mol. The molecule has 0 atom stereocenters. The second-order valence-corrected chi connectivity index (χ2v) is 4.26. The second kappa shape index (κ2) is 5.14. The molecule has 0 saturated carbocycles. The lowest BCUT2D eigenvalue weighted by molar-refractivity contribution is -0.136. The Morgan fingerprint density at radius 2 is 2.16 bits per heavy atom. The number of nitrogens with zero attached hydrogens (tertiary/aromatic N) is 1. The van der Waals surface area contributed by atoms with Crippen molar-refractivity contribution in [3.8, 4) is 17.0 Å². The van der Waals surface area contributed by atoms with Gasteiger partial charge >= 0.3 is 5.97 Å². The van der Waals surface area contributed by atoms with Crippen LogP contribution in [0.2, 0.25) is 0 Å². The molecule has 0 aliphatic rings. The zero-order chi connectivity index (χ0) is 14.0. The predicted octanol–water partition coefficient (Wildman–Crippen LogP) is 2.59. The number of carboxylic acids is 1. The Balaban J connectivity index is 2.46. The van der Waals surface area contributed by atoms with Crippen LogP contribution in [0.5, 0.6) is 5.75 Å². The molecule has 0 saturated heterocycles. The Bertz CT molecular complexity index is 616. The Hall–Kier alpha value is -2.30. The molecule has 19 heavy (non-hydrogen) atoms. The summed E-state index contributed by atoms with van der Waals surface area (Å²) in [5, 5.41) is 8.88. The summed E-state index contributed by atoms with van der Waals surface area (Å²) in [4.78, 5) is 15.1.